The zero-order chi connectivity index (χ0) is 12.4. The van der Waals surface area contributed by atoms with Crippen molar-refractivity contribution >= 4 is 23.1 Å². The van der Waals surface area contributed by atoms with Crippen LogP contribution < -0.4 is 5.73 Å². The van der Waals surface area contributed by atoms with Crippen molar-refractivity contribution in [3.8, 4) is 0 Å². The maximum absolute atomic E-state index is 12.2. The van der Waals surface area contributed by atoms with Crippen molar-refractivity contribution in [1.29, 1.82) is 0 Å². The summed E-state index contributed by atoms with van der Waals surface area (Å²) in [6.07, 6.45) is 3.36. The third kappa shape index (κ3) is 2.17. The molecule has 0 aliphatic rings. The number of aryl methyl sites for hydroxylation is 1. The minimum absolute atomic E-state index is 0.189. The molecule has 0 saturated carbocycles. The number of rotatable bonds is 3. The van der Waals surface area contributed by atoms with Crippen LogP contribution in [0.5, 0.6) is 0 Å². The topological polar surface area (TPSA) is 60.9 Å². The van der Waals surface area contributed by atoms with Crippen molar-refractivity contribution in [2.75, 3.05) is 5.73 Å². The first-order chi connectivity index (χ1) is 8.13. The van der Waals surface area contributed by atoms with Gasteiger partial charge in [0, 0.05) is 35.2 Å². The first kappa shape index (κ1) is 11.7. The van der Waals surface area contributed by atoms with Gasteiger partial charge in [0.1, 0.15) is 0 Å². The number of imidazole rings is 1. The molecule has 0 atom stereocenters. The van der Waals surface area contributed by atoms with Gasteiger partial charge in [0.15, 0.2) is 5.82 Å². The van der Waals surface area contributed by atoms with Crippen LogP contribution in [0.3, 0.4) is 0 Å². The summed E-state index contributed by atoms with van der Waals surface area (Å²) in [4.78, 5) is 16.3. The van der Waals surface area contributed by atoms with Gasteiger partial charge >= 0.3 is 0 Å². The number of halogens is 1. The molecule has 1 heterocycles. The predicted octanol–water partition coefficient (Wildman–Crippen LogP) is 2.37. The Morgan fingerprint density at radius 3 is 2.94 bits per heavy atom. The van der Waals surface area contributed by atoms with E-state index in [0.29, 0.717) is 28.6 Å². The summed E-state index contributed by atoms with van der Waals surface area (Å²) in [6.45, 7) is 2.64. The monoisotopic (exact) mass is 249 g/mol. The number of hydrogen-bond donors (Lipinski definition) is 1. The average Bonchev–Trinajstić information content (AvgIpc) is 2.76. The van der Waals surface area contributed by atoms with Gasteiger partial charge in [-0.1, -0.05) is 11.6 Å². The molecule has 0 radical (unpaired) electrons. The van der Waals surface area contributed by atoms with Crippen LogP contribution in [0.4, 0.5) is 5.69 Å². The lowest BCUT2D eigenvalue weighted by Crippen LogP contribution is -2.12. The second-order valence-corrected chi connectivity index (χ2v) is 4.03. The van der Waals surface area contributed by atoms with Crippen molar-refractivity contribution in [2.45, 2.75) is 13.5 Å². The Bertz CT molecular complexity index is 563. The number of carbonyl (C=O) groups is 1. The van der Waals surface area contributed by atoms with Crippen molar-refractivity contribution in [2.24, 2.45) is 0 Å². The summed E-state index contributed by atoms with van der Waals surface area (Å²) >= 11 is 5.79. The Hall–Kier alpha value is -1.81. The minimum atomic E-state index is -0.189. The van der Waals surface area contributed by atoms with E-state index in [-0.39, 0.29) is 5.78 Å². The molecule has 4 nitrogen and oxygen atoms in total. The fourth-order valence-electron chi connectivity index (χ4n) is 1.63. The zero-order valence-electron chi connectivity index (χ0n) is 9.35. The summed E-state index contributed by atoms with van der Waals surface area (Å²) < 4.78 is 1.77. The van der Waals surface area contributed by atoms with Crippen LogP contribution in [0.2, 0.25) is 5.02 Å². The van der Waals surface area contributed by atoms with E-state index in [9.17, 15) is 4.79 Å². The Balaban J connectivity index is 2.44. The summed E-state index contributed by atoms with van der Waals surface area (Å²) in [5.74, 6) is 0.201. The molecule has 2 rings (SSSR count). The highest BCUT2D eigenvalue weighted by Gasteiger charge is 2.17. The van der Waals surface area contributed by atoms with Gasteiger partial charge in [-0.3, -0.25) is 4.79 Å². The molecule has 5 heteroatoms. The third-order valence-electron chi connectivity index (χ3n) is 2.52. The Kier molecular flexibility index (Phi) is 3.15. The van der Waals surface area contributed by atoms with Gasteiger partial charge in [-0.15, -0.1) is 0 Å². The molecule has 1 aromatic carbocycles. The first-order valence-corrected chi connectivity index (χ1v) is 5.62. The van der Waals surface area contributed by atoms with Gasteiger partial charge in [0.25, 0.3) is 0 Å². The minimum Gasteiger partial charge on any atom is -0.398 e. The van der Waals surface area contributed by atoms with Gasteiger partial charge in [-0.05, 0) is 25.1 Å². The van der Waals surface area contributed by atoms with Gasteiger partial charge in [-0.2, -0.15) is 0 Å². The highest BCUT2D eigenvalue weighted by atomic mass is 35.5. The lowest BCUT2D eigenvalue weighted by Gasteiger charge is -2.06. The molecule has 2 N–H and O–H groups in total. The van der Waals surface area contributed by atoms with E-state index in [1.54, 1.807) is 35.2 Å². The van der Waals surface area contributed by atoms with Crippen LogP contribution in [-0.4, -0.2) is 15.3 Å². The molecular formula is C12H12ClN3O. The average molecular weight is 250 g/mol. The van der Waals surface area contributed by atoms with E-state index >= 15 is 0 Å². The number of aromatic nitrogens is 2. The Morgan fingerprint density at radius 1 is 1.53 bits per heavy atom. The zero-order valence-corrected chi connectivity index (χ0v) is 10.1. The van der Waals surface area contributed by atoms with E-state index in [2.05, 4.69) is 4.98 Å². The molecule has 0 unspecified atom stereocenters. The second kappa shape index (κ2) is 4.59. The standard InChI is InChI=1S/C12H12ClN3O/c1-2-16-6-5-15-12(16)11(17)9-4-3-8(13)7-10(9)14/h3-7H,2,14H2,1H3. The number of ketones is 1. The molecule has 1 aromatic heterocycles. The molecule has 17 heavy (non-hydrogen) atoms. The normalized spacial score (nSPS) is 10.5. The molecule has 0 saturated heterocycles. The Morgan fingerprint density at radius 2 is 2.29 bits per heavy atom. The third-order valence-corrected chi connectivity index (χ3v) is 2.75. The number of nitrogens with zero attached hydrogens (tertiary/aromatic N) is 2. The number of hydrogen-bond acceptors (Lipinski definition) is 3. The number of nitrogen functional groups attached to an aromatic ring is 1. The Labute approximate surface area is 104 Å². The summed E-state index contributed by atoms with van der Waals surface area (Å²) in [6, 6.07) is 4.83. The molecule has 0 aliphatic heterocycles. The lowest BCUT2D eigenvalue weighted by atomic mass is 10.1. The van der Waals surface area contributed by atoms with Gasteiger partial charge < -0.3 is 10.3 Å². The molecule has 0 amide bonds. The van der Waals surface area contributed by atoms with E-state index in [4.69, 9.17) is 17.3 Å². The van der Waals surface area contributed by atoms with Crippen LogP contribution in [0, 0.1) is 0 Å². The molecule has 0 fully saturated rings. The summed E-state index contributed by atoms with van der Waals surface area (Å²) in [5.41, 5.74) is 6.57. The van der Waals surface area contributed by atoms with Crippen LogP contribution in [0.1, 0.15) is 23.1 Å². The van der Waals surface area contributed by atoms with Crippen LogP contribution in [-0.2, 0) is 6.54 Å². The fraction of sp³-hybridized carbons (Fsp3) is 0.167. The van der Waals surface area contributed by atoms with E-state index in [0.717, 1.165) is 0 Å². The predicted molar refractivity (Wildman–Crippen MR) is 67.2 cm³/mol. The summed E-state index contributed by atoms with van der Waals surface area (Å²) in [5, 5.41) is 0.512. The van der Waals surface area contributed by atoms with E-state index in [1.807, 2.05) is 6.92 Å². The maximum atomic E-state index is 12.2. The van der Waals surface area contributed by atoms with Crippen LogP contribution in [0.25, 0.3) is 0 Å². The SMILES string of the molecule is CCn1ccnc1C(=O)c1ccc(Cl)cc1N. The number of anilines is 1. The van der Waals surface area contributed by atoms with Gasteiger partial charge in [0.05, 0.1) is 0 Å². The largest absolute Gasteiger partial charge is 0.398 e. The molecular weight excluding hydrogens is 238 g/mol. The highest BCUT2D eigenvalue weighted by Crippen LogP contribution is 2.20. The van der Waals surface area contributed by atoms with E-state index < -0.39 is 0 Å². The number of carbonyl (C=O) groups excluding carboxylic acids is 1. The molecule has 0 spiro atoms. The second-order valence-electron chi connectivity index (χ2n) is 3.60. The van der Waals surface area contributed by atoms with Crippen LogP contribution >= 0.6 is 11.6 Å². The van der Waals surface area contributed by atoms with Gasteiger partial charge in [0.2, 0.25) is 5.78 Å². The van der Waals surface area contributed by atoms with Crippen LogP contribution in [0.15, 0.2) is 30.6 Å². The smallest absolute Gasteiger partial charge is 0.230 e. The highest BCUT2D eigenvalue weighted by molar-refractivity contribution is 6.31. The van der Waals surface area contributed by atoms with Gasteiger partial charge in [-0.25, -0.2) is 4.98 Å². The van der Waals surface area contributed by atoms with Crippen molar-refractivity contribution in [1.82, 2.24) is 9.55 Å². The summed E-state index contributed by atoms with van der Waals surface area (Å²) in [7, 11) is 0. The van der Waals surface area contributed by atoms with Crippen molar-refractivity contribution in [3.05, 3.63) is 47.0 Å². The fourth-order valence-corrected chi connectivity index (χ4v) is 1.81. The molecule has 0 aliphatic carbocycles. The number of benzene rings is 1. The molecule has 2 aromatic rings. The lowest BCUT2D eigenvalue weighted by molar-refractivity contribution is 0.102. The van der Waals surface area contributed by atoms with Crippen molar-refractivity contribution in [3.63, 3.8) is 0 Å². The maximum Gasteiger partial charge on any atom is 0.230 e. The van der Waals surface area contributed by atoms with E-state index in [1.165, 1.54) is 0 Å². The number of nitrogens with two attached hydrogens (primary N) is 1. The molecule has 88 valence electrons. The molecule has 0 bridgehead atoms. The first-order valence-electron chi connectivity index (χ1n) is 5.24. The van der Waals surface area contributed by atoms with Crippen molar-refractivity contribution < 1.29 is 4.79 Å². The quantitative estimate of drug-likeness (QED) is 0.671.